The molecule has 3 atom stereocenters. The van der Waals surface area contributed by atoms with Crippen molar-refractivity contribution in [1.82, 2.24) is 4.57 Å². The van der Waals surface area contributed by atoms with Gasteiger partial charge >= 0.3 is 11.0 Å². The van der Waals surface area contributed by atoms with Crippen LogP contribution < -0.4 is 25.1 Å². The highest BCUT2D eigenvalue weighted by molar-refractivity contribution is 8.00. The number of carbonyl (C=O) groups excluding carboxylic acids is 3. The van der Waals surface area contributed by atoms with E-state index in [0.29, 0.717) is 15.3 Å². The predicted molar refractivity (Wildman–Crippen MR) is 184 cm³/mol. The Morgan fingerprint density at radius 2 is 1.58 bits per heavy atom. The SMILES string of the molecule is CCN(CC)c1ccc(C2c3sc(=O)n(CC(=O)Nc4ccc(S(N)(=O)=O)cc4)c3SC3C(=O)N(c4ccccc4C(F)(F)F)C(=O)C32)cc1. The number of nitrogens with two attached hydrogens (primary N) is 1. The summed E-state index contributed by atoms with van der Waals surface area (Å²) in [6.07, 6.45) is -4.84. The van der Waals surface area contributed by atoms with Gasteiger partial charge in [-0.05, 0) is 67.9 Å². The van der Waals surface area contributed by atoms with Gasteiger partial charge in [0.2, 0.25) is 27.7 Å². The number of aromatic nitrogens is 1. The minimum atomic E-state index is -4.84. The molecule has 3 heterocycles. The van der Waals surface area contributed by atoms with E-state index in [0.717, 1.165) is 54.0 Å². The molecule has 0 bridgehead atoms. The zero-order chi connectivity index (χ0) is 36.1. The molecule has 0 radical (unpaired) electrons. The van der Waals surface area contributed by atoms with E-state index in [2.05, 4.69) is 10.2 Å². The number of fused-ring (bicyclic) bond motifs is 2. The van der Waals surface area contributed by atoms with Gasteiger partial charge in [0.15, 0.2) is 0 Å². The highest BCUT2D eigenvalue weighted by Crippen LogP contribution is 2.54. The van der Waals surface area contributed by atoms with Crippen LogP contribution in [0.15, 0.2) is 87.5 Å². The molecule has 1 aromatic heterocycles. The standard InChI is InChI=1S/C33H30F3N5O6S3/c1-3-39(4-2)20-13-9-18(10-14-20)25-26-27(30(44)41(29(26)43)23-8-6-5-7-22(23)33(34,35)36)48-31-28(25)49-32(45)40(31)17-24(42)38-19-11-15-21(16-12-19)50(37,46)47/h5-16,25-27H,3-4,17H2,1-2H3,(H,38,42)(H2,37,46,47). The number of hydrogen-bond acceptors (Lipinski definition) is 9. The fraction of sp³-hybridized carbons (Fsp3) is 0.273. The van der Waals surface area contributed by atoms with Crippen LogP contribution in [0.2, 0.25) is 0 Å². The van der Waals surface area contributed by atoms with E-state index in [9.17, 15) is 40.8 Å². The van der Waals surface area contributed by atoms with Gasteiger partial charge in [-0.25, -0.2) is 18.5 Å². The monoisotopic (exact) mass is 745 g/mol. The molecule has 2 aliphatic rings. The number of imide groups is 1. The van der Waals surface area contributed by atoms with Crippen molar-refractivity contribution in [3.05, 3.63) is 98.5 Å². The number of thiazole rings is 1. The van der Waals surface area contributed by atoms with Gasteiger partial charge < -0.3 is 10.2 Å². The zero-order valence-corrected chi connectivity index (χ0v) is 29.0. The summed E-state index contributed by atoms with van der Waals surface area (Å²) in [6, 6.07) is 16.7. The summed E-state index contributed by atoms with van der Waals surface area (Å²) in [5.74, 6) is -4.34. The van der Waals surface area contributed by atoms with Gasteiger partial charge in [0, 0.05) is 35.3 Å². The minimum Gasteiger partial charge on any atom is -0.372 e. The van der Waals surface area contributed by atoms with Crippen LogP contribution in [-0.4, -0.2) is 49.0 Å². The van der Waals surface area contributed by atoms with Gasteiger partial charge in [-0.3, -0.25) is 23.7 Å². The minimum absolute atomic E-state index is 0.163. The van der Waals surface area contributed by atoms with Crippen molar-refractivity contribution in [2.75, 3.05) is 28.2 Å². The highest BCUT2D eigenvalue weighted by atomic mass is 32.2. The van der Waals surface area contributed by atoms with E-state index in [1.54, 1.807) is 12.1 Å². The molecule has 17 heteroatoms. The molecule has 1 saturated heterocycles. The van der Waals surface area contributed by atoms with E-state index in [1.165, 1.54) is 41.0 Å². The van der Waals surface area contributed by atoms with Crippen molar-refractivity contribution < 1.29 is 36.0 Å². The average molecular weight is 746 g/mol. The Hall–Kier alpha value is -4.45. The van der Waals surface area contributed by atoms with Crippen LogP contribution in [0.5, 0.6) is 0 Å². The maximum Gasteiger partial charge on any atom is 0.418 e. The molecule has 0 aliphatic carbocycles. The highest BCUT2D eigenvalue weighted by Gasteiger charge is 2.57. The first-order valence-corrected chi connectivity index (χ1v) is 18.6. The Kier molecular flexibility index (Phi) is 9.45. The predicted octanol–water partition coefficient (Wildman–Crippen LogP) is 4.86. The number of rotatable bonds is 9. The number of anilines is 3. The number of benzene rings is 3. The molecular weight excluding hydrogens is 716 g/mol. The van der Waals surface area contributed by atoms with Crippen molar-refractivity contribution >= 4 is 67.9 Å². The van der Waals surface area contributed by atoms with Crippen LogP contribution in [0, 0.1) is 5.92 Å². The number of sulfonamides is 1. The maximum atomic E-state index is 14.2. The summed E-state index contributed by atoms with van der Waals surface area (Å²) in [5, 5.41) is 6.79. The van der Waals surface area contributed by atoms with Crippen molar-refractivity contribution in [1.29, 1.82) is 0 Å². The van der Waals surface area contributed by atoms with Gasteiger partial charge in [0.25, 0.3) is 0 Å². The largest absolute Gasteiger partial charge is 0.418 e. The molecule has 1 fully saturated rings. The quantitative estimate of drug-likeness (QED) is 0.231. The summed E-state index contributed by atoms with van der Waals surface area (Å²) in [5.41, 5.74) is 0.00115. The Labute approximate surface area is 292 Å². The third-order valence-electron chi connectivity index (χ3n) is 8.65. The number of thioether (sulfide) groups is 1. The lowest BCUT2D eigenvalue weighted by molar-refractivity contribution is -0.137. The van der Waals surface area contributed by atoms with Gasteiger partial charge in [-0.2, -0.15) is 13.2 Å². The third-order valence-corrected chi connectivity index (χ3v) is 12.2. The first-order chi connectivity index (χ1) is 23.6. The molecule has 50 heavy (non-hydrogen) atoms. The van der Waals surface area contributed by atoms with Crippen molar-refractivity contribution in [2.24, 2.45) is 11.1 Å². The van der Waals surface area contributed by atoms with E-state index < -0.39 is 73.7 Å². The van der Waals surface area contributed by atoms with Crippen LogP contribution in [-0.2, 0) is 37.1 Å². The lowest BCUT2D eigenvalue weighted by atomic mass is 9.83. The Balaban J connectivity index is 1.41. The molecule has 4 aromatic rings. The van der Waals surface area contributed by atoms with E-state index in [1.807, 2.05) is 26.0 Å². The maximum absolute atomic E-state index is 14.2. The number of nitrogens with zero attached hydrogens (tertiary/aromatic N) is 3. The molecule has 262 valence electrons. The number of alkyl halides is 3. The van der Waals surface area contributed by atoms with Crippen LogP contribution >= 0.6 is 23.1 Å². The molecule has 3 N–H and O–H groups in total. The molecule has 6 rings (SSSR count). The molecule has 2 aliphatic heterocycles. The fourth-order valence-corrected chi connectivity index (χ4v) is 9.60. The van der Waals surface area contributed by atoms with Crippen LogP contribution in [0.4, 0.5) is 30.2 Å². The third kappa shape index (κ3) is 6.45. The number of nitrogens with one attached hydrogen (secondary N) is 1. The second-order valence-corrected chi connectivity index (χ2v) is 15.3. The molecule has 0 saturated carbocycles. The number of halogens is 3. The fourth-order valence-electron chi connectivity index (χ4n) is 6.31. The lowest BCUT2D eigenvalue weighted by Gasteiger charge is -2.31. The number of primary sulfonamides is 1. The molecular formula is C33H30F3N5O6S3. The average Bonchev–Trinajstić information content (AvgIpc) is 3.51. The van der Waals surface area contributed by atoms with Crippen LogP contribution in [0.25, 0.3) is 0 Å². The zero-order valence-electron chi connectivity index (χ0n) is 26.5. The molecule has 3 amide bonds. The first kappa shape index (κ1) is 35.4. The second-order valence-electron chi connectivity index (χ2n) is 11.6. The van der Waals surface area contributed by atoms with E-state index >= 15 is 0 Å². The number of amides is 3. The normalized spacial score (nSPS) is 18.9. The number of carbonyl (C=O) groups is 3. The van der Waals surface area contributed by atoms with Crippen molar-refractivity contribution in [2.45, 2.75) is 47.7 Å². The molecule has 0 spiro atoms. The van der Waals surface area contributed by atoms with Gasteiger partial charge in [-0.15, -0.1) is 0 Å². The van der Waals surface area contributed by atoms with Gasteiger partial charge in [-0.1, -0.05) is 47.4 Å². The molecule has 3 unspecified atom stereocenters. The summed E-state index contributed by atoms with van der Waals surface area (Å²) in [6.45, 7) is 4.96. The van der Waals surface area contributed by atoms with E-state index in [4.69, 9.17) is 5.14 Å². The molecule has 3 aromatic carbocycles. The van der Waals surface area contributed by atoms with Gasteiger partial charge in [0.1, 0.15) is 11.8 Å². The van der Waals surface area contributed by atoms with Crippen LogP contribution in [0.1, 0.15) is 35.8 Å². The van der Waals surface area contributed by atoms with Gasteiger partial charge in [0.05, 0.1) is 27.1 Å². The Bertz CT molecular complexity index is 2150. The Morgan fingerprint density at radius 1 is 0.940 bits per heavy atom. The number of hydrogen-bond donors (Lipinski definition) is 2. The summed E-state index contributed by atoms with van der Waals surface area (Å²) in [7, 11) is -3.96. The lowest BCUT2D eigenvalue weighted by Crippen LogP contribution is -2.33. The van der Waals surface area contributed by atoms with E-state index in [-0.39, 0.29) is 15.6 Å². The summed E-state index contributed by atoms with van der Waals surface area (Å²) >= 11 is 1.68. The first-order valence-electron chi connectivity index (χ1n) is 15.4. The molecule has 11 nitrogen and oxygen atoms in total. The van der Waals surface area contributed by atoms with Crippen molar-refractivity contribution in [3.8, 4) is 0 Å². The summed E-state index contributed by atoms with van der Waals surface area (Å²) in [4.78, 5) is 57.2. The second kappa shape index (κ2) is 13.4. The van der Waals surface area contributed by atoms with Crippen molar-refractivity contribution in [3.63, 3.8) is 0 Å². The van der Waals surface area contributed by atoms with Crippen LogP contribution in [0.3, 0.4) is 0 Å². The number of para-hydroxylation sites is 1. The summed E-state index contributed by atoms with van der Waals surface area (Å²) < 4.78 is 66.6. The smallest absolute Gasteiger partial charge is 0.372 e. The topological polar surface area (TPSA) is 152 Å². The Morgan fingerprint density at radius 3 is 2.18 bits per heavy atom.